The molecular formula is C14H19N3O2. The Bertz CT molecular complexity index is 530. The van der Waals surface area contributed by atoms with Crippen LogP contribution in [0.3, 0.4) is 0 Å². The molecule has 0 aromatic carbocycles. The maximum Gasteiger partial charge on any atom is 0.226 e. The van der Waals surface area contributed by atoms with E-state index in [1.165, 1.54) is 0 Å². The highest BCUT2D eigenvalue weighted by Gasteiger charge is 2.16. The van der Waals surface area contributed by atoms with Gasteiger partial charge in [-0.05, 0) is 18.1 Å². The summed E-state index contributed by atoms with van der Waals surface area (Å²) >= 11 is 0. The van der Waals surface area contributed by atoms with Crippen molar-refractivity contribution in [3.8, 4) is 0 Å². The zero-order valence-corrected chi connectivity index (χ0v) is 11.2. The van der Waals surface area contributed by atoms with E-state index in [1.54, 1.807) is 0 Å². The van der Waals surface area contributed by atoms with Crippen molar-refractivity contribution in [1.82, 2.24) is 14.7 Å². The Morgan fingerprint density at radius 2 is 2.26 bits per heavy atom. The first kappa shape index (κ1) is 13.5. The Balaban J connectivity index is 2.02. The summed E-state index contributed by atoms with van der Waals surface area (Å²) in [5, 5.41) is 12.0. The van der Waals surface area contributed by atoms with Crippen LogP contribution in [0.2, 0.25) is 0 Å². The summed E-state index contributed by atoms with van der Waals surface area (Å²) in [6.45, 7) is 3.88. The summed E-state index contributed by atoms with van der Waals surface area (Å²) in [7, 11) is 0. The summed E-state index contributed by atoms with van der Waals surface area (Å²) in [6.07, 6.45) is 3.97. The minimum Gasteiger partial charge on any atom is -0.394 e. The number of carbonyl (C=O) groups is 1. The summed E-state index contributed by atoms with van der Waals surface area (Å²) in [5.41, 5.74) is 1.55. The average molecular weight is 261 g/mol. The van der Waals surface area contributed by atoms with Crippen LogP contribution in [-0.2, 0) is 11.2 Å². The fraction of sp³-hybridized carbons (Fsp3) is 0.429. The first-order chi connectivity index (χ1) is 9.10. The molecule has 0 saturated heterocycles. The zero-order valence-electron chi connectivity index (χ0n) is 11.2. The van der Waals surface area contributed by atoms with E-state index in [0.29, 0.717) is 0 Å². The number of imidazole rings is 1. The second kappa shape index (κ2) is 5.84. The Kier molecular flexibility index (Phi) is 4.16. The van der Waals surface area contributed by atoms with Gasteiger partial charge >= 0.3 is 0 Å². The van der Waals surface area contributed by atoms with Gasteiger partial charge < -0.3 is 14.8 Å². The molecule has 2 aromatic rings. The van der Waals surface area contributed by atoms with Crippen molar-refractivity contribution in [2.75, 3.05) is 6.61 Å². The Morgan fingerprint density at radius 3 is 2.89 bits per heavy atom. The molecule has 0 spiro atoms. The molecule has 5 heteroatoms. The highest BCUT2D eigenvalue weighted by molar-refractivity contribution is 5.78. The molecule has 1 unspecified atom stereocenters. The van der Waals surface area contributed by atoms with Crippen molar-refractivity contribution < 1.29 is 9.90 Å². The predicted molar refractivity (Wildman–Crippen MR) is 72.8 cm³/mol. The smallest absolute Gasteiger partial charge is 0.226 e. The van der Waals surface area contributed by atoms with Crippen LogP contribution in [0.1, 0.15) is 19.5 Å². The summed E-state index contributed by atoms with van der Waals surface area (Å²) in [4.78, 5) is 16.3. The second-order valence-corrected chi connectivity index (χ2v) is 4.98. The van der Waals surface area contributed by atoms with E-state index in [-0.39, 0.29) is 30.9 Å². The Hall–Kier alpha value is -1.88. The van der Waals surface area contributed by atoms with Crippen LogP contribution >= 0.6 is 0 Å². The van der Waals surface area contributed by atoms with E-state index in [9.17, 15) is 9.90 Å². The van der Waals surface area contributed by atoms with Gasteiger partial charge in [-0.2, -0.15) is 0 Å². The molecule has 1 atom stereocenters. The molecule has 0 aliphatic heterocycles. The lowest BCUT2D eigenvalue weighted by Crippen LogP contribution is -2.41. The van der Waals surface area contributed by atoms with Gasteiger partial charge in [0.15, 0.2) is 0 Å². The van der Waals surface area contributed by atoms with Gasteiger partial charge in [-0.3, -0.25) is 4.79 Å². The number of aliphatic hydroxyl groups excluding tert-OH is 1. The molecule has 2 aromatic heterocycles. The zero-order chi connectivity index (χ0) is 13.8. The number of aromatic nitrogens is 2. The van der Waals surface area contributed by atoms with E-state index in [1.807, 2.05) is 48.8 Å². The third-order valence-electron chi connectivity index (χ3n) is 3.10. The van der Waals surface area contributed by atoms with Gasteiger partial charge in [0, 0.05) is 12.4 Å². The van der Waals surface area contributed by atoms with Crippen molar-refractivity contribution in [2.45, 2.75) is 26.3 Å². The van der Waals surface area contributed by atoms with Gasteiger partial charge in [0.05, 0.1) is 24.8 Å². The van der Waals surface area contributed by atoms with Crippen molar-refractivity contribution in [2.24, 2.45) is 5.92 Å². The summed E-state index contributed by atoms with van der Waals surface area (Å²) in [6, 6.07) is 5.52. The van der Waals surface area contributed by atoms with Crippen LogP contribution in [0, 0.1) is 5.92 Å². The number of aliphatic hydroxyl groups is 1. The van der Waals surface area contributed by atoms with E-state index >= 15 is 0 Å². The third kappa shape index (κ3) is 3.32. The number of hydrogen-bond acceptors (Lipinski definition) is 3. The number of nitrogens with zero attached hydrogens (tertiary/aromatic N) is 2. The molecule has 2 N–H and O–H groups in total. The van der Waals surface area contributed by atoms with Crippen LogP contribution in [0.5, 0.6) is 0 Å². The number of carbonyl (C=O) groups excluding carboxylic acids is 1. The van der Waals surface area contributed by atoms with Crippen molar-refractivity contribution in [3.05, 3.63) is 36.3 Å². The van der Waals surface area contributed by atoms with Gasteiger partial charge in [0.1, 0.15) is 5.65 Å². The molecule has 0 radical (unpaired) electrons. The third-order valence-corrected chi connectivity index (χ3v) is 3.10. The molecule has 102 valence electrons. The fourth-order valence-corrected chi connectivity index (χ4v) is 1.92. The van der Waals surface area contributed by atoms with Crippen LogP contribution in [0.4, 0.5) is 0 Å². The standard InChI is InChI=1S/C14H19N3O2/c1-10(2)12(9-18)16-14(19)7-11-8-17-6-4-3-5-13(17)15-11/h3-6,8,10,12,18H,7,9H2,1-2H3,(H,16,19). The maximum absolute atomic E-state index is 11.9. The number of pyridine rings is 1. The lowest BCUT2D eigenvalue weighted by atomic mass is 10.1. The lowest BCUT2D eigenvalue weighted by molar-refractivity contribution is -0.121. The van der Waals surface area contributed by atoms with E-state index in [4.69, 9.17) is 0 Å². The molecular weight excluding hydrogens is 242 g/mol. The highest BCUT2D eigenvalue weighted by Crippen LogP contribution is 2.06. The van der Waals surface area contributed by atoms with Crippen molar-refractivity contribution >= 4 is 11.6 Å². The largest absolute Gasteiger partial charge is 0.394 e. The first-order valence-corrected chi connectivity index (χ1v) is 6.43. The lowest BCUT2D eigenvalue weighted by Gasteiger charge is -2.19. The SMILES string of the molecule is CC(C)C(CO)NC(=O)Cc1cn2ccccc2n1. The molecule has 5 nitrogen and oxygen atoms in total. The Morgan fingerprint density at radius 1 is 1.47 bits per heavy atom. The van der Waals surface area contributed by atoms with Crippen LogP contribution in [0.25, 0.3) is 5.65 Å². The van der Waals surface area contributed by atoms with Gasteiger partial charge in [0.2, 0.25) is 5.91 Å². The number of nitrogens with one attached hydrogen (secondary N) is 1. The molecule has 1 amide bonds. The van der Waals surface area contributed by atoms with Crippen molar-refractivity contribution in [1.29, 1.82) is 0 Å². The molecule has 0 aliphatic rings. The van der Waals surface area contributed by atoms with Crippen LogP contribution in [-0.4, -0.2) is 33.0 Å². The maximum atomic E-state index is 11.9. The van der Waals surface area contributed by atoms with Gasteiger partial charge in [0.25, 0.3) is 0 Å². The monoisotopic (exact) mass is 261 g/mol. The molecule has 19 heavy (non-hydrogen) atoms. The van der Waals surface area contributed by atoms with E-state index < -0.39 is 0 Å². The van der Waals surface area contributed by atoms with Crippen LogP contribution < -0.4 is 5.32 Å². The quantitative estimate of drug-likeness (QED) is 0.844. The minimum atomic E-state index is -0.204. The van der Waals surface area contributed by atoms with Crippen LogP contribution in [0.15, 0.2) is 30.6 Å². The first-order valence-electron chi connectivity index (χ1n) is 6.43. The topological polar surface area (TPSA) is 66.6 Å². The van der Waals surface area contributed by atoms with E-state index in [2.05, 4.69) is 10.3 Å². The normalized spacial score (nSPS) is 12.8. The molecule has 2 heterocycles. The number of amides is 1. The highest BCUT2D eigenvalue weighted by atomic mass is 16.3. The van der Waals surface area contributed by atoms with E-state index in [0.717, 1.165) is 11.3 Å². The molecule has 0 fully saturated rings. The molecule has 2 rings (SSSR count). The number of fused-ring (bicyclic) bond motifs is 1. The summed E-state index contributed by atoms with van der Waals surface area (Å²) in [5.74, 6) is 0.0891. The molecule has 0 saturated carbocycles. The molecule has 0 bridgehead atoms. The minimum absolute atomic E-state index is 0.0471. The van der Waals surface area contributed by atoms with Crippen molar-refractivity contribution in [3.63, 3.8) is 0 Å². The van der Waals surface area contributed by atoms with Gasteiger partial charge in [-0.15, -0.1) is 0 Å². The molecule has 0 aliphatic carbocycles. The second-order valence-electron chi connectivity index (χ2n) is 4.98. The Labute approximate surface area is 112 Å². The average Bonchev–Trinajstić information content (AvgIpc) is 2.77. The number of hydrogen-bond donors (Lipinski definition) is 2. The fourth-order valence-electron chi connectivity index (χ4n) is 1.92. The summed E-state index contributed by atoms with van der Waals surface area (Å²) < 4.78 is 1.88. The van der Waals surface area contributed by atoms with Gasteiger partial charge in [-0.25, -0.2) is 4.98 Å². The predicted octanol–water partition coefficient (Wildman–Crippen LogP) is 1.01. The van der Waals surface area contributed by atoms with Gasteiger partial charge in [-0.1, -0.05) is 19.9 Å². The number of rotatable bonds is 5.